The van der Waals surface area contributed by atoms with Crippen molar-refractivity contribution >= 4 is 11.9 Å². The summed E-state index contributed by atoms with van der Waals surface area (Å²) in [5, 5.41) is 9.04. The second kappa shape index (κ2) is 6.73. The zero-order chi connectivity index (χ0) is 13.7. The number of hydrogen-bond acceptors (Lipinski definition) is 3. The first-order chi connectivity index (χ1) is 8.43. The molecule has 3 atom stereocenters. The van der Waals surface area contributed by atoms with Gasteiger partial charge in [-0.3, -0.25) is 9.59 Å². The van der Waals surface area contributed by atoms with Crippen molar-refractivity contribution in [3.05, 3.63) is 0 Å². The SMILES string of the molecule is CCC(C)OCC(=O)N1CC(C)CC(C(=O)O)C1. The minimum absolute atomic E-state index is 0.0497. The Balaban J connectivity index is 2.49. The fourth-order valence-corrected chi connectivity index (χ4v) is 2.16. The summed E-state index contributed by atoms with van der Waals surface area (Å²) < 4.78 is 5.40. The number of carbonyl (C=O) groups excluding carboxylic acids is 1. The molecule has 1 saturated heterocycles. The molecule has 0 spiro atoms. The minimum Gasteiger partial charge on any atom is -0.481 e. The highest BCUT2D eigenvalue weighted by Crippen LogP contribution is 2.21. The molecule has 0 aromatic carbocycles. The van der Waals surface area contributed by atoms with E-state index in [0.29, 0.717) is 19.5 Å². The van der Waals surface area contributed by atoms with Gasteiger partial charge in [0.05, 0.1) is 12.0 Å². The lowest BCUT2D eigenvalue weighted by molar-refractivity contribution is -0.149. The number of carboxylic acids is 1. The van der Waals surface area contributed by atoms with Gasteiger partial charge in [-0.05, 0) is 25.7 Å². The fraction of sp³-hybridized carbons (Fsp3) is 0.846. The van der Waals surface area contributed by atoms with Crippen molar-refractivity contribution < 1.29 is 19.4 Å². The third kappa shape index (κ3) is 4.29. The molecule has 1 N–H and O–H groups in total. The minimum atomic E-state index is -0.817. The molecule has 0 aromatic heterocycles. The standard InChI is InChI=1S/C13H23NO4/c1-4-10(3)18-8-12(15)14-6-9(2)5-11(7-14)13(16)17/h9-11H,4-8H2,1-3H3,(H,16,17). The Hall–Kier alpha value is -1.10. The Labute approximate surface area is 108 Å². The molecule has 0 aliphatic carbocycles. The van der Waals surface area contributed by atoms with Crippen LogP contribution in [0.4, 0.5) is 0 Å². The van der Waals surface area contributed by atoms with Crippen molar-refractivity contribution in [1.29, 1.82) is 0 Å². The second-order valence-corrected chi connectivity index (χ2v) is 5.20. The maximum absolute atomic E-state index is 11.9. The van der Waals surface area contributed by atoms with Crippen LogP contribution in [0.3, 0.4) is 0 Å². The summed E-state index contributed by atoms with van der Waals surface area (Å²) in [5.74, 6) is -1.14. The van der Waals surface area contributed by atoms with Crippen LogP contribution in [-0.4, -0.2) is 47.7 Å². The summed E-state index contributed by atoms with van der Waals surface area (Å²) >= 11 is 0. The number of nitrogens with zero attached hydrogens (tertiary/aromatic N) is 1. The highest BCUT2D eigenvalue weighted by Gasteiger charge is 2.31. The average Bonchev–Trinajstić information content (AvgIpc) is 2.34. The van der Waals surface area contributed by atoms with Crippen molar-refractivity contribution in [3.63, 3.8) is 0 Å². The lowest BCUT2D eigenvalue weighted by Crippen LogP contribution is -2.47. The summed E-state index contributed by atoms with van der Waals surface area (Å²) in [7, 11) is 0. The predicted octanol–water partition coefficient (Wildman–Crippen LogP) is 1.37. The van der Waals surface area contributed by atoms with Gasteiger partial charge in [-0.25, -0.2) is 0 Å². The van der Waals surface area contributed by atoms with Gasteiger partial charge in [-0.2, -0.15) is 0 Å². The summed E-state index contributed by atoms with van der Waals surface area (Å²) in [5.41, 5.74) is 0. The van der Waals surface area contributed by atoms with Crippen LogP contribution >= 0.6 is 0 Å². The number of carboxylic acid groups (broad SMARTS) is 1. The van der Waals surface area contributed by atoms with Crippen molar-refractivity contribution in [3.8, 4) is 0 Å². The first kappa shape index (κ1) is 15.0. The van der Waals surface area contributed by atoms with Gasteiger partial charge < -0.3 is 14.7 Å². The van der Waals surface area contributed by atoms with E-state index in [9.17, 15) is 9.59 Å². The molecule has 1 rings (SSSR count). The van der Waals surface area contributed by atoms with Crippen molar-refractivity contribution in [1.82, 2.24) is 4.90 Å². The van der Waals surface area contributed by atoms with Crippen LogP contribution in [0, 0.1) is 11.8 Å². The van der Waals surface area contributed by atoms with E-state index < -0.39 is 11.9 Å². The Morgan fingerprint density at radius 2 is 2.11 bits per heavy atom. The van der Waals surface area contributed by atoms with Gasteiger partial charge in [0.15, 0.2) is 0 Å². The van der Waals surface area contributed by atoms with Gasteiger partial charge in [0.2, 0.25) is 5.91 Å². The molecule has 1 amide bonds. The third-order valence-corrected chi connectivity index (χ3v) is 3.43. The number of rotatable bonds is 5. The fourth-order valence-electron chi connectivity index (χ4n) is 2.16. The predicted molar refractivity (Wildman–Crippen MR) is 67.2 cm³/mol. The largest absolute Gasteiger partial charge is 0.481 e. The van der Waals surface area contributed by atoms with Crippen molar-refractivity contribution in [2.45, 2.75) is 39.7 Å². The van der Waals surface area contributed by atoms with Gasteiger partial charge in [-0.1, -0.05) is 13.8 Å². The average molecular weight is 257 g/mol. The Kier molecular flexibility index (Phi) is 5.59. The van der Waals surface area contributed by atoms with Crippen LogP contribution in [0.25, 0.3) is 0 Å². The van der Waals surface area contributed by atoms with E-state index in [1.165, 1.54) is 0 Å². The maximum atomic E-state index is 11.9. The molecule has 104 valence electrons. The normalized spacial score (nSPS) is 25.8. The Bertz CT molecular complexity index is 305. The van der Waals surface area contributed by atoms with Crippen LogP contribution in [0.15, 0.2) is 0 Å². The van der Waals surface area contributed by atoms with E-state index in [1.54, 1.807) is 4.90 Å². The molecule has 0 radical (unpaired) electrons. The van der Waals surface area contributed by atoms with E-state index in [1.807, 2.05) is 20.8 Å². The maximum Gasteiger partial charge on any atom is 0.308 e. The number of hydrogen-bond donors (Lipinski definition) is 1. The van der Waals surface area contributed by atoms with Crippen LogP contribution < -0.4 is 0 Å². The van der Waals surface area contributed by atoms with Gasteiger partial charge in [-0.15, -0.1) is 0 Å². The molecule has 1 fully saturated rings. The first-order valence-corrected chi connectivity index (χ1v) is 6.56. The van der Waals surface area contributed by atoms with Crippen LogP contribution in [-0.2, 0) is 14.3 Å². The number of piperidine rings is 1. The van der Waals surface area contributed by atoms with Crippen LogP contribution in [0.5, 0.6) is 0 Å². The van der Waals surface area contributed by atoms with Gasteiger partial charge >= 0.3 is 5.97 Å². The molecule has 3 unspecified atom stereocenters. The topological polar surface area (TPSA) is 66.8 Å². The monoisotopic (exact) mass is 257 g/mol. The van der Waals surface area contributed by atoms with Crippen molar-refractivity contribution in [2.24, 2.45) is 11.8 Å². The number of amides is 1. The lowest BCUT2D eigenvalue weighted by atomic mass is 9.90. The molecule has 1 aliphatic rings. The van der Waals surface area contributed by atoms with Gasteiger partial charge in [0.1, 0.15) is 6.61 Å². The van der Waals surface area contributed by atoms with Gasteiger partial charge in [0, 0.05) is 13.1 Å². The molecular weight excluding hydrogens is 234 g/mol. The lowest BCUT2D eigenvalue weighted by Gasteiger charge is -2.34. The van der Waals surface area contributed by atoms with Crippen LogP contribution in [0.1, 0.15) is 33.6 Å². The van der Waals surface area contributed by atoms with Crippen LogP contribution in [0.2, 0.25) is 0 Å². The van der Waals surface area contributed by atoms with Gasteiger partial charge in [0.25, 0.3) is 0 Å². The van der Waals surface area contributed by atoms with E-state index in [0.717, 1.165) is 6.42 Å². The molecule has 0 saturated carbocycles. The summed E-state index contributed by atoms with van der Waals surface area (Å²) in [6, 6.07) is 0. The third-order valence-electron chi connectivity index (χ3n) is 3.43. The Morgan fingerprint density at radius 1 is 1.44 bits per heavy atom. The van der Waals surface area contributed by atoms with E-state index >= 15 is 0 Å². The quantitative estimate of drug-likeness (QED) is 0.807. The number of aliphatic carboxylic acids is 1. The van der Waals surface area contributed by atoms with E-state index in [2.05, 4.69) is 0 Å². The van der Waals surface area contributed by atoms with Crippen molar-refractivity contribution in [2.75, 3.05) is 19.7 Å². The summed E-state index contributed by atoms with van der Waals surface area (Å²) in [6.07, 6.45) is 1.57. The second-order valence-electron chi connectivity index (χ2n) is 5.20. The molecule has 5 heteroatoms. The Morgan fingerprint density at radius 3 is 2.67 bits per heavy atom. The zero-order valence-electron chi connectivity index (χ0n) is 11.4. The number of likely N-dealkylation sites (tertiary alicyclic amines) is 1. The molecule has 5 nitrogen and oxygen atoms in total. The first-order valence-electron chi connectivity index (χ1n) is 6.56. The molecule has 1 heterocycles. The van der Waals surface area contributed by atoms with E-state index in [-0.39, 0.29) is 24.5 Å². The van der Waals surface area contributed by atoms with E-state index in [4.69, 9.17) is 9.84 Å². The number of carbonyl (C=O) groups is 2. The highest BCUT2D eigenvalue weighted by atomic mass is 16.5. The molecule has 0 aromatic rings. The zero-order valence-corrected chi connectivity index (χ0v) is 11.4. The smallest absolute Gasteiger partial charge is 0.308 e. The summed E-state index contributed by atoms with van der Waals surface area (Å²) in [4.78, 5) is 24.6. The summed E-state index contributed by atoms with van der Waals surface area (Å²) in [6.45, 7) is 6.89. The molecule has 1 aliphatic heterocycles. The highest BCUT2D eigenvalue weighted by molar-refractivity contribution is 5.79. The number of ether oxygens (including phenoxy) is 1. The molecule has 18 heavy (non-hydrogen) atoms. The molecular formula is C13H23NO4. The molecule has 0 bridgehead atoms.